The minimum absolute atomic E-state index is 0.0217. The van der Waals surface area contributed by atoms with Crippen molar-refractivity contribution in [2.75, 3.05) is 19.8 Å². The summed E-state index contributed by atoms with van der Waals surface area (Å²) in [5, 5.41) is 11.8. The van der Waals surface area contributed by atoms with Crippen LogP contribution < -0.4 is 5.32 Å². The molecule has 1 amide bonds. The molecule has 0 radical (unpaired) electrons. The van der Waals surface area contributed by atoms with Crippen molar-refractivity contribution < 1.29 is 24.2 Å². The molecule has 2 rings (SSSR count). The Hall–Kier alpha value is -1.14. The van der Waals surface area contributed by atoms with E-state index in [2.05, 4.69) is 12.2 Å². The number of carboxylic acids is 1. The number of carbonyl (C=O) groups excluding carboxylic acids is 1. The lowest BCUT2D eigenvalue weighted by Gasteiger charge is -2.29. The van der Waals surface area contributed by atoms with Crippen LogP contribution in [0.3, 0.4) is 0 Å². The Labute approximate surface area is 118 Å². The van der Waals surface area contributed by atoms with Gasteiger partial charge in [0.25, 0.3) is 0 Å². The van der Waals surface area contributed by atoms with E-state index in [1.54, 1.807) is 0 Å². The zero-order valence-corrected chi connectivity index (χ0v) is 11.9. The lowest BCUT2D eigenvalue weighted by molar-refractivity contribution is -0.149. The summed E-state index contributed by atoms with van der Waals surface area (Å²) in [6.45, 7) is 2.43. The zero-order valence-electron chi connectivity index (χ0n) is 11.9. The van der Waals surface area contributed by atoms with Crippen LogP contribution in [0.15, 0.2) is 0 Å². The average molecular weight is 285 g/mol. The monoisotopic (exact) mass is 285 g/mol. The molecule has 3 unspecified atom stereocenters. The van der Waals surface area contributed by atoms with Crippen molar-refractivity contribution in [3.05, 3.63) is 0 Å². The van der Waals surface area contributed by atoms with Crippen molar-refractivity contribution in [1.29, 1.82) is 0 Å². The smallest absolute Gasteiger partial charge is 0.331 e. The highest BCUT2D eigenvalue weighted by Gasteiger charge is 2.44. The molecule has 114 valence electrons. The van der Waals surface area contributed by atoms with Crippen LogP contribution in [0.2, 0.25) is 0 Å². The van der Waals surface area contributed by atoms with E-state index >= 15 is 0 Å². The summed E-state index contributed by atoms with van der Waals surface area (Å²) in [5.74, 6) is -0.968. The second kappa shape index (κ2) is 6.54. The van der Waals surface area contributed by atoms with Crippen molar-refractivity contribution in [2.45, 2.75) is 50.7 Å². The van der Waals surface area contributed by atoms with Gasteiger partial charge in [0.2, 0.25) is 5.91 Å². The molecule has 1 saturated heterocycles. The van der Waals surface area contributed by atoms with E-state index in [9.17, 15) is 14.7 Å². The minimum Gasteiger partial charge on any atom is -0.479 e. The molecule has 0 aromatic carbocycles. The van der Waals surface area contributed by atoms with Crippen LogP contribution >= 0.6 is 0 Å². The molecule has 2 N–H and O–H groups in total. The molecule has 3 atom stereocenters. The number of aliphatic carboxylic acids is 1. The van der Waals surface area contributed by atoms with Gasteiger partial charge in [0, 0.05) is 13.0 Å². The number of amides is 1. The molecule has 0 aromatic rings. The summed E-state index contributed by atoms with van der Waals surface area (Å²) in [5.41, 5.74) is -1.28. The van der Waals surface area contributed by atoms with E-state index in [1.165, 1.54) is 6.42 Å². The summed E-state index contributed by atoms with van der Waals surface area (Å²) in [7, 11) is 0. The maximum Gasteiger partial charge on any atom is 0.331 e. The number of hydrogen-bond donors (Lipinski definition) is 2. The third-order valence-corrected chi connectivity index (χ3v) is 4.27. The summed E-state index contributed by atoms with van der Waals surface area (Å²) >= 11 is 0. The molecular weight excluding hydrogens is 262 g/mol. The molecule has 6 nitrogen and oxygen atoms in total. The Morgan fingerprint density at radius 2 is 2.15 bits per heavy atom. The maximum atomic E-state index is 11.9. The molecule has 0 aromatic heterocycles. The van der Waals surface area contributed by atoms with E-state index in [0.29, 0.717) is 18.9 Å². The van der Waals surface area contributed by atoms with Crippen LogP contribution in [0.4, 0.5) is 0 Å². The number of rotatable bonds is 5. The van der Waals surface area contributed by atoms with Gasteiger partial charge in [0.1, 0.15) is 6.61 Å². The lowest BCUT2D eigenvalue weighted by Crippen LogP contribution is -2.56. The van der Waals surface area contributed by atoms with Gasteiger partial charge < -0.3 is 19.9 Å². The van der Waals surface area contributed by atoms with Crippen LogP contribution in [0.25, 0.3) is 0 Å². The van der Waals surface area contributed by atoms with Crippen molar-refractivity contribution in [3.8, 4) is 0 Å². The number of ether oxygens (including phenoxy) is 2. The molecule has 1 saturated carbocycles. The largest absolute Gasteiger partial charge is 0.479 e. The van der Waals surface area contributed by atoms with Gasteiger partial charge in [0.15, 0.2) is 5.54 Å². The third kappa shape index (κ3) is 3.49. The molecule has 6 heteroatoms. The maximum absolute atomic E-state index is 11.9. The van der Waals surface area contributed by atoms with Crippen LogP contribution in [0.5, 0.6) is 0 Å². The standard InChI is InChI=1S/C14H23NO5/c1-10-4-2-3-5-11(10)20-8-12(16)15-14(13(17)18)6-7-19-9-14/h10-11H,2-9H2,1H3,(H,15,16)(H,17,18). The highest BCUT2D eigenvalue weighted by atomic mass is 16.5. The third-order valence-electron chi connectivity index (χ3n) is 4.27. The van der Waals surface area contributed by atoms with Gasteiger partial charge in [-0.1, -0.05) is 19.8 Å². The predicted molar refractivity (Wildman–Crippen MR) is 71.3 cm³/mol. The summed E-state index contributed by atoms with van der Waals surface area (Å²) in [6, 6.07) is 0. The number of carbonyl (C=O) groups is 2. The van der Waals surface area contributed by atoms with E-state index in [0.717, 1.165) is 19.3 Å². The Kier molecular flexibility index (Phi) is 4.99. The highest BCUT2D eigenvalue weighted by molar-refractivity contribution is 5.88. The first-order chi connectivity index (χ1) is 9.53. The molecule has 2 aliphatic rings. The second-order valence-corrected chi connectivity index (χ2v) is 5.85. The average Bonchev–Trinajstić information content (AvgIpc) is 2.88. The fourth-order valence-corrected chi connectivity index (χ4v) is 2.90. The molecule has 2 fully saturated rings. The zero-order chi connectivity index (χ0) is 14.6. The molecule has 1 heterocycles. The number of hydrogen-bond acceptors (Lipinski definition) is 4. The van der Waals surface area contributed by atoms with Gasteiger partial charge in [-0.2, -0.15) is 0 Å². The van der Waals surface area contributed by atoms with Crippen molar-refractivity contribution in [2.24, 2.45) is 5.92 Å². The SMILES string of the molecule is CC1CCCCC1OCC(=O)NC1(C(=O)O)CCOC1. The quantitative estimate of drug-likeness (QED) is 0.785. The van der Waals surface area contributed by atoms with Gasteiger partial charge >= 0.3 is 5.97 Å². The first-order valence-corrected chi connectivity index (χ1v) is 7.27. The van der Waals surface area contributed by atoms with Gasteiger partial charge in [-0.25, -0.2) is 4.79 Å². The van der Waals surface area contributed by atoms with Crippen molar-refractivity contribution >= 4 is 11.9 Å². The molecule has 1 aliphatic carbocycles. The van der Waals surface area contributed by atoms with Crippen molar-refractivity contribution in [3.63, 3.8) is 0 Å². The van der Waals surface area contributed by atoms with Crippen LogP contribution in [-0.4, -0.2) is 48.4 Å². The van der Waals surface area contributed by atoms with Crippen LogP contribution in [-0.2, 0) is 19.1 Å². The lowest BCUT2D eigenvalue weighted by atomic mass is 9.88. The summed E-state index contributed by atoms with van der Waals surface area (Å²) in [4.78, 5) is 23.2. The fourth-order valence-electron chi connectivity index (χ4n) is 2.90. The molecular formula is C14H23NO5. The van der Waals surface area contributed by atoms with Crippen molar-refractivity contribution in [1.82, 2.24) is 5.32 Å². The Morgan fingerprint density at radius 1 is 1.40 bits per heavy atom. The molecule has 0 spiro atoms. The normalized spacial score (nSPS) is 33.9. The molecule has 20 heavy (non-hydrogen) atoms. The molecule has 0 bridgehead atoms. The second-order valence-electron chi connectivity index (χ2n) is 5.85. The first kappa shape index (κ1) is 15.3. The highest BCUT2D eigenvalue weighted by Crippen LogP contribution is 2.26. The van der Waals surface area contributed by atoms with Gasteiger partial charge in [-0.3, -0.25) is 4.79 Å². The van der Waals surface area contributed by atoms with Gasteiger partial charge in [0.05, 0.1) is 12.7 Å². The van der Waals surface area contributed by atoms with E-state index < -0.39 is 11.5 Å². The Bertz CT molecular complexity index is 365. The summed E-state index contributed by atoms with van der Waals surface area (Å²) in [6.07, 6.45) is 4.85. The topological polar surface area (TPSA) is 84.9 Å². The van der Waals surface area contributed by atoms with E-state index in [1.807, 2.05) is 0 Å². The molecule has 1 aliphatic heterocycles. The fraction of sp³-hybridized carbons (Fsp3) is 0.857. The van der Waals surface area contributed by atoms with Gasteiger partial charge in [-0.15, -0.1) is 0 Å². The number of nitrogens with one attached hydrogen (secondary N) is 1. The first-order valence-electron chi connectivity index (χ1n) is 7.27. The van der Waals surface area contributed by atoms with E-state index in [-0.39, 0.29) is 25.2 Å². The van der Waals surface area contributed by atoms with Crippen LogP contribution in [0.1, 0.15) is 39.0 Å². The summed E-state index contributed by atoms with van der Waals surface area (Å²) < 4.78 is 10.7. The Morgan fingerprint density at radius 3 is 2.75 bits per heavy atom. The number of carboxylic acid groups (broad SMARTS) is 1. The van der Waals surface area contributed by atoms with Crippen LogP contribution in [0, 0.1) is 5.92 Å². The minimum atomic E-state index is -1.28. The predicted octanol–water partition coefficient (Wildman–Crippen LogP) is 0.942. The Balaban J connectivity index is 1.81. The van der Waals surface area contributed by atoms with Gasteiger partial charge in [-0.05, 0) is 18.8 Å². The van der Waals surface area contributed by atoms with E-state index in [4.69, 9.17) is 9.47 Å².